The molecule has 118 valence electrons. The number of rotatable bonds is 5. The van der Waals surface area contributed by atoms with E-state index in [1.807, 2.05) is 0 Å². The van der Waals surface area contributed by atoms with Crippen molar-refractivity contribution in [3.8, 4) is 0 Å². The number of carbonyl (C=O) groups is 4. The standard InChI is InChI=1S/C14H22N2O5/c1-6-14(5)11(19)16(12(20)15-14)7-10(18)21-8-9(17)13(2,3)4/h6-8H2,1-5H3,(H,15,20)/t14-/m0/s1. The zero-order valence-electron chi connectivity index (χ0n) is 13.1. The van der Waals surface area contributed by atoms with Gasteiger partial charge in [0.05, 0.1) is 0 Å². The van der Waals surface area contributed by atoms with E-state index >= 15 is 0 Å². The van der Waals surface area contributed by atoms with Crippen molar-refractivity contribution in [3.05, 3.63) is 0 Å². The van der Waals surface area contributed by atoms with Crippen LogP contribution < -0.4 is 5.32 Å². The van der Waals surface area contributed by atoms with Gasteiger partial charge in [-0.05, 0) is 13.3 Å². The maximum atomic E-state index is 12.1. The van der Waals surface area contributed by atoms with E-state index in [4.69, 9.17) is 4.74 Å². The Hall–Kier alpha value is -1.92. The fourth-order valence-electron chi connectivity index (χ4n) is 1.67. The molecule has 0 aromatic rings. The minimum absolute atomic E-state index is 0.230. The van der Waals surface area contributed by atoms with Crippen LogP contribution in [0.2, 0.25) is 0 Å². The van der Waals surface area contributed by atoms with E-state index in [2.05, 4.69) is 5.32 Å². The molecule has 0 spiro atoms. The van der Waals surface area contributed by atoms with E-state index in [0.29, 0.717) is 6.42 Å². The molecular formula is C14H22N2O5. The molecule has 7 nitrogen and oxygen atoms in total. The summed E-state index contributed by atoms with van der Waals surface area (Å²) in [7, 11) is 0. The molecule has 1 heterocycles. The van der Waals surface area contributed by atoms with Crippen molar-refractivity contribution in [3.63, 3.8) is 0 Å². The molecule has 1 aliphatic heterocycles. The molecule has 0 aliphatic carbocycles. The maximum Gasteiger partial charge on any atom is 0.326 e. The van der Waals surface area contributed by atoms with Crippen LogP contribution in [-0.4, -0.2) is 47.3 Å². The molecule has 0 aromatic heterocycles. The van der Waals surface area contributed by atoms with Gasteiger partial charge in [0.1, 0.15) is 12.1 Å². The second-order valence-electron chi connectivity index (χ2n) is 6.34. The van der Waals surface area contributed by atoms with Gasteiger partial charge < -0.3 is 10.1 Å². The highest BCUT2D eigenvalue weighted by molar-refractivity contribution is 6.08. The lowest BCUT2D eigenvalue weighted by Crippen LogP contribution is -2.43. The molecule has 0 saturated carbocycles. The largest absolute Gasteiger partial charge is 0.456 e. The number of ketones is 1. The lowest BCUT2D eigenvalue weighted by atomic mass is 9.91. The lowest BCUT2D eigenvalue weighted by Gasteiger charge is -2.19. The number of amides is 3. The number of carbonyl (C=O) groups excluding carboxylic acids is 4. The molecule has 1 aliphatic rings. The van der Waals surface area contributed by atoms with Crippen LogP contribution in [0.15, 0.2) is 0 Å². The first-order valence-electron chi connectivity index (χ1n) is 6.84. The Balaban J connectivity index is 2.58. The number of nitrogens with zero attached hydrogens (tertiary/aromatic N) is 1. The van der Waals surface area contributed by atoms with E-state index < -0.39 is 35.4 Å². The van der Waals surface area contributed by atoms with Gasteiger partial charge in [-0.3, -0.25) is 19.3 Å². The summed E-state index contributed by atoms with van der Waals surface area (Å²) in [5.74, 6) is -1.48. The third-order valence-corrected chi connectivity index (χ3v) is 3.54. The Morgan fingerprint density at radius 2 is 1.86 bits per heavy atom. The van der Waals surface area contributed by atoms with Crippen LogP contribution in [0, 0.1) is 5.41 Å². The SMILES string of the molecule is CC[C@]1(C)NC(=O)N(CC(=O)OCC(=O)C(C)(C)C)C1=O. The average Bonchev–Trinajstić information content (AvgIpc) is 2.59. The number of ether oxygens (including phenoxy) is 1. The van der Waals surface area contributed by atoms with Crippen molar-refractivity contribution in [1.29, 1.82) is 0 Å². The summed E-state index contributed by atoms with van der Waals surface area (Å²) < 4.78 is 4.83. The van der Waals surface area contributed by atoms with E-state index in [0.717, 1.165) is 4.90 Å². The zero-order valence-corrected chi connectivity index (χ0v) is 13.1. The number of esters is 1. The summed E-state index contributed by atoms with van der Waals surface area (Å²) in [6.45, 7) is 7.66. The molecule has 0 unspecified atom stereocenters. The molecule has 1 atom stereocenters. The number of Topliss-reactive ketones (excluding diaryl/α,β-unsaturated/α-hetero) is 1. The molecule has 3 amide bonds. The predicted octanol–water partition coefficient (Wildman–Crippen LogP) is 0.865. The van der Waals surface area contributed by atoms with Gasteiger partial charge >= 0.3 is 12.0 Å². The van der Waals surface area contributed by atoms with Gasteiger partial charge in [0.15, 0.2) is 12.4 Å². The average molecular weight is 298 g/mol. The summed E-state index contributed by atoms with van der Waals surface area (Å²) in [6, 6.07) is -0.622. The first-order valence-corrected chi connectivity index (χ1v) is 6.84. The minimum Gasteiger partial charge on any atom is -0.456 e. The van der Waals surface area contributed by atoms with Crippen molar-refractivity contribution in [2.24, 2.45) is 5.41 Å². The Bertz CT molecular complexity index is 480. The molecule has 7 heteroatoms. The van der Waals surface area contributed by atoms with Gasteiger partial charge in [-0.2, -0.15) is 0 Å². The van der Waals surface area contributed by atoms with Crippen LogP contribution >= 0.6 is 0 Å². The Morgan fingerprint density at radius 3 is 2.29 bits per heavy atom. The summed E-state index contributed by atoms with van der Waals surface area (Å²) >= 11 is 0. The smallest absolute Gasteiger partial charge is 0.326 e. The normalized spacial score (nSPS) is 22.2. The second-order valence-corrected chi connectivity index (χ2v) is 6.34. The van der Waals surface area contributed by atoms with Gasteiger partial charge in [-0.1, -0.05) is 27.7 Å². The first kappa shape index (κ1) is 17.1. The number of hydrogen-bond donors (Lipinski definition) is 1. The van der Waals surface area contributed by atoms with E-state index in [9.17, 15) is 19.2 Å². The molecule has 1 saturated heterocycles. The molecule has 0 aromatic carbocycles. The van der Waals surface area contributed by atoms with Gasteiger partial charge in [0, 0.05) is 5.41 Å². The van der Waals surface area contributed by atoms with Crippen molar-refractivity contribution in [2.75, 3.05) is 13.2 Å². The lowest BCUT2D eigenvalue weighted by molar-refractivity contribution is -0.152. The van der Waals surface area contributed by atoms with Crippen LogP contribution in [-0.2, 0) is 19.1 Å². The minimum atomic E-state index is -0.988. The van der Waals surface area contributed by atoms with Crippen LogP contribution in [0.4, 0.5) is 4.79 Å². The highest BCUT2D eigenvalue weighted by Gasteiger charge is 2.47. The number of imide groups is 1. The van der Waals surface area contributed by atoms with E-state index in [1.165, 1.54) is 0 Å². The third kappa shape index (κ3) is 3.80. The molecule has 1 N–H and O–H groups in total. The summed E-state index contributed by atoms with van der Waals surface area (Å²) in [6.07, 6.45) is 0.422. The molecule has 0 radical (unpaired) electrons. The zero-order chi connectivity index (χ0) is 16.4. The number of urea groups is 1. The van der Waals surface area contributed by atoms with E-state index in [-0.39, 0.29) is 12.4 Å². The highest BCUT2D eigenvalue weighted by atomic mass is 16.5. The molecule has 0 bridgehead atoms. The van der Waals surface area contributed by atoms with Crippen molar-refractivity contribution < 1.29 is 23.9 Å². The van der Waals surface area contributed by atoms with Crippen molar-refractivity contribution in [1.82, 2.24) is 10.2 Å². The van der Waals surface area contributed by atoms with Gasteiger partial charge in [0.25, 0.3) is 5.91 Å². The molecule has 1 fully saturated rings. The van der Waals surface area contributed by atoms with Crippen LogP contribution in [0.5, 0.6) is 0 Å². The Morgan fingerprint density at radius 1 is 1.29 bits per heavy atom. The van der Waals surface area contributed by atoms with Crippen molar-refractivity contribution >= 4 is 23.7 Å². The molecular weight excluding hydrogens is 276 g/mol. The van der Waals surface area contributed by atoms with Gasteiger partial charge in [-0.25, -0.2) is 4.79 Å². The van der Waals surface area contributed by atoms with Gasteiger partial charge in [-0.15, -0.1) is 0 Å². The quantitative estimate of drug-likeness (QED) is 0.600. The third-order valence-electron chi connectivity index (χ3n) is 3.54. The molecule has 1 rings (SSSR count). The van der Waals surface area contributed by atoms with Crippen LogP contribution in [0.25, 0.3) is 0 Å². The fourth-order valence-corrected chi connectivity index (χ4v) is 1.67. The second kappa shape index (κ2) is 5.83. The highest BCUT2D eigenvalue weighted by Crippen LogP contribution is 2.20. The van der Waals surface area contributed by atoms with E-state index in [1.54, 1.807) is 34.6 Å². The Labute approximate surface area is 124 Å². The maximum absolute atomic E-state index is 12.1. The summed E-state index contributed by atoms with van der Waals surface area (Å²) in [4.78, 5) is 47.9. The Kier molecular flexibility index (Phi) is 4.76. The number of nitrogens with one attached hydrogen (secondary N) is 1. The van der Waals surface area contributed by atoms with Crippen LogP contribution in [0.1, 0.15) is 41.0 Å². The molecule has 21 heavy (non-hydrogen) atoms. The fraction of sp³-hybridized carbons (Fsp3) is 0.714. The monoisotopic (exact) mass is 298 g/mol. The van der Waals surface area contributed by atoms with Crippen LogP contribution in [0.3, 0.4) is 0 Å². The summed E-state index contributed by atoms with van der Waals surface area (Å²) in [5.41, 5.74) is -1.60. The first-order chi connectivity index (χ1) is 9.51. The summed E-state index contributed by atoms with van der Waals surface area (Å²) in [5, 5.41) is 2.54. The number of hydrogen-bond acceptors (Lipinski definition) is 5. The predicted molar refractivity (Wildman–Crippen MR) is 74.4 cm³/mol. The van der Waals surface area contributed by atoms with Crippen molar-refractivity contribution in [2.45, 2.75) is 46.6 Å². The topological polar surface area (TPSA) is 92.8 Å². The van der Waals surface area contributed by atoms with Gasteiger partial charge in [0.2, 0.25) is 0 Å².